The molecule has 0 aliphatic carbocycles. The van der Waals surface area contributed by atoms with Crippen molar-refractivity contribution in [3.8, 4) is 17.6 Å². The number of benzene rings is 1. The Kier molecular flexibility index (Phi) is 6.75. The molecule has 1 N–H and O–H groups in total. The molecule has 1 aromatic carbocycles. The lowest BCUT2D eigenvalue weighted by Gasteiger charge is -2.21. The second-order valence-electron chi connectivity index (χ2n) is 4.94. The Bertz CT molecular complexity index is 524. The fourth-order valence-corrected chi connectivity index (χ4v) is 2.06. The minimum Gasteiger partial charge on any atom is -0.497 e. The summed E-state index contributed by atoms with van der Waals surface area (Å²) >= 11 is 0. The highest BCUT2D eigenvalue weighted by Crippen LogP contribution is 2.13. The van der Waals surface area contributed by atoms with Crippen molar-refractivity contribution < 1.29 is 19.0 Å². The van der Waals surface area contributed by atoms with Gasteiger partial charge in [0, 0.05) is 13.2 Å². The predicted octanol–water partition coefficient (Wildman–Crippen LogP) is 1.86. The third-order valence-corrected chi connectivity index (χ3v) is 3.29. The van der Waals surface area contributed by atoms with E-state index in [2.05, 4.69) is 17.2 Å². The predicted molar refractivity (Wildman–Crippen MR) is 82.2 cm³/mol. The van der Waals surface area contributed by atoms with Gasteiger partial charge >= 0.3 is 0 Å². The highest BCUT2D eigenvalue weighted by Gasteiger charge is 2.12. The minimum atomic E-state index is -0.316. The number of rotatable bonds is 5. The molecule has 1 heterocycles. The third kappa shape index (κ3) is 5.76. The molecule has 1 fully saturated rings. The Hall–Kier alpha value is -2.03. The average molecular weight is 303 g/mol. The van der Waals surface area contributed by atoms with Gasteiger partial charge in [0.05, 0.1) is 7.11 Å². The summed E-state index contributed by atoms with van der Waals surface area (Å²) in [5, 5.41) is 2.73. The van der Waals surface area contributed by atoms with Crippen LogP contribution in [0.5, 0.6) is 5.75 Å². The summed E-state index contributed by atoms with van der Waals surface area (Å²) in [6.45, 7) is 1.38. The Balaban J connectivity index is 1.65. The van der Waals surface area contributed by atoms with E-state index in [4.69, 9.17) is 14.2 Å². The van der Waals surface area contributed by atoms with Crippen LogP contribution in [0.1, 0.15) is 24.8 Å². The largest absolute Gasteiger partial charge is 0.497 e. The summed E-state index contributed by atoms with van der Waals surface area (Å²) < 4.78 is 15.9. The van der Waals surface area contributed by atoms with Crippen molar-refractivity contribution in [2.45, 2.75) is 32.1 Å². The maximum atomic E-state index is 11.6. The molecule has 1 aliphatic heterocycles. The first-order chi connectivity index (χ1) is 10.8. The second kappa shape index (κ2) is 9.08. The van der Waals surface area contributed by atoms with E-state index in [-0.39, 0.29) is 18.8 Å². The van der Waals surface area contributed by atoms with Gasteiger partial charge < -0.3 is 19.5 Å². The van der Waals surface area contributed by atoms with Crippen LogP contribution in [0, 0.1) is 11.8 Å². The number of hydrogen-bond acceptors (Lipinski definition) is 4. The van der Waals surface area contributed by atoms with Gasteiger partial charge in [-0.05, 0) is 42.9 Å². The standard InChI is InChI=1S/C17H21NO4/c1-20-15-9-7-14(8-10-15)13-18-16(19)5-4-12-22-17-6-2-3-11-21-17/h7-10,17H,2-3,6,11-13H2,1H3,(H,18,19). The summed E-state index contributed by atoms with van der Waals surface area (Å²) in [4.78, 5) is 11.6. The third-order valence-electron chi connectivity index (χ3n) is 3.29. The molecule has 22 heavy (non-hydrogen) atoms. The van der Waals surface area contributed by atoms with Crippen molar-refractivity contribution in [1.82, 2.24) is 5.32 Å². The molecule has 0 spiro atoms. The highest BCUT2D eigenvalue weighted by molar-refractivity contribution is 5.93. The van der Waals surface area contributed by atoms with Crippen LogP contribution in [-0.4, -0.2) is 32.5 Å². The maximum absolute atomic E-state index is 11.6. The summed E-state index contributed by atoms with van der Waals surface area (Å²) in [5.41, 5.74) is 0.989. The molecule has 1 amide bonds. The topological polar surface area (TPSA) is 56.8 Å². The average Bonchev–Trinajstić information content (AvgIpc) is 2.58. The Morgan fingerprint density at radius 2 is 2.18 bits per heavy atom. The number of nitrogens with one attached hydrogen (secondary N) is 1. The summed E-state index contributed by atoms with van der Waals surface area (Å²) in [5.74, 6) is 5.69. The Labute approximate surface area is 130 Å². The van der Waals surface area contributed by atoms with Gasteiger partial charge in [-0.15, -0.1) is 0 Å². The molecule has 5 heteroatoms. The number of carbonyl (C=O) groups is 1. The lowest BCUT2D eigenvalue weighted by Crippen LogP contribution is -2.23. The monoisotopic (exact) mass is 303 g/mol. The molecule has 1 atom stereocenters. The van der Waals surface area contributed by atoms with Crippen LogP contribution in [-0.2, 0) is 20.8 Å². The van der Waals surface area contributed by atoms with E-state index in [1.807, 2.05) is 24.3 Å². The maximum Gasteiger partial charge on any atom is 0.296 e. The fraction of sp³-hybridized carbons (Fsp3) is 0.471. The minimum absolute atomic E-state index is 0.176. The molecular weight excluding hydrogens is 282 g/mol. The van der Waals surface area contributed by atoms with Crippen molar-refractivity contribution in [2.75, 3.05) is 20.3 Å². The SMILES string of the molecule is COc1ccc(CNC(=O)C#CCOC2CCCCO2)cc1. The van der Waals surface area contributed by atoms with Gasteiger partial charge in [0.15, 0.2) is 6.29 Å². The van der Waals surface area contributed by atoms with E-state index in [0.29, 0.717) is 6.54 Å². The van der Waals surface area contributed by atoms with Gasteiger partial charge in [-0.1, -0.05) is 18.1 Å². The van der Waals surface area contributed by atoms with Gasteiger partial charge in [-0.3, -0.25) is 4.79 Å². The van der Waals surface area contributed by atoms with Crippen LogP contribution in [0.3, 0.4) is 0 Å². The highest BCUT2D eigenvalue weighted by atomic mass is 16.7. The number of ether oxygens (including phenoxy) is 3. The molecular formula is C17H21NO4. The van der Waals surface area contributed by atoms with Crippen molar-refractivity contribution in [3.63, 3.8) is 0 Å². The van der Waals surface area contributed by atoms with Crippen molar-refractivity contribution in [2.24, 2.45) is 0 Å². The van der Waals surface area contributed by atoms with Crippen molar-refractivity contribution in [1.29, 1.82) is 0 Å². The van der Waals surface area contributed by atoms with E-state index in [0.717, 1.165) is 37.2 Å². The molecule has 0 bridgehead atoms. The van der Waals surface area contributed by atoms with Crippen LogP contribution in [0.25, 0.3) is 0 Å². The lowest BCUT2D eigenvalue weighted by atomic mass is 10.2. The first-order valence-electron chi connectivity index (χ1n) is 7.41. The zero-order chi connectivity index (χ0) is 15.6. The summed E-state index contributed by atoms with van der Waals surface area (Å²) in [6.07, 6.45) is 2.91. The molecule has 0 radical (unpaired) electrons. The normalized spacial score (nSPS) is 17.2. The van der Waals surface area contributed by atoms with Gasteiger partial charge in [0.2, 0.25) is 0 Å². The lowest BCUT2D eigenvalue weighted by molar-refractivity contribution is -0.154. The smallest absolute Gasteiger partial charge is 0.296 e. The Morgan fingerprint density at radius 1 is 1.36 bits per heavy atom. The summed E-state index contributed by atoms with van der Waals surface area (Å²) in [6, 6.07) is 7.50. The van der Waals surface area contributed by atoms with Crippen molar-refractivity contribution >= 4 is 5.91 Å². The molecule has 5 nitrogen and oxygen atoms in total. The molecule has 1 saturated heterocycles. The van der Waals surface area contributed by atoms with Crippen molar-refractivity contribution in [3.05, 3.63) is 29.8 Å². The number of carbonyl (C=O) groups excluding carboxylic acids is 1. The second-order valence-corrected chi connectivity index (χ2v) is 4.94. The fourth-order valence-electron chi connectivity index (χ4n) is 2.06. The van der Waals surface area contributed by atoms with E-state index in [1.54, 1.807) is 7.11 Å². The molecule has 2 rings (SSSR count). The van der Waals surface area contributed by atoms with Gasteiger partial charge in [0.25, 0.3) is 5.91 Å². The number of amides is 1. The van der Waals surface area contributed by atoms with E-state index < -0.39 is 0 Å². The number of hydrogen-bond donors (Lipinski definition) is 1. The molecule has 0 saturated carbocycles. The zero-order valence-electron chi connectivity index (χ0n) is 12.8. The van der Waals surface area contributed by atoms with Crippen LogP contribution >= 0.6 is 0 Å². The van der Waals surface area contributed by atoms with E-state index >= 15 is 0 Å². The molecule has 1 aliphatic rings. The zero-order valence-corrected chi connectivity index (χ0v) is 12.8. The van der Waals surface area contributed by atoms with Gasteiger partial charge in [-0.25, -0.2) is 0 Å². The number of methoxy groups -OCH3 is 1. The molecule has 0 aromatic heterocycles. The first-order valence-corrected chi connectivity index (χ1v) is 7.41. The Morgan fingerprint density at radius 3 is 2.86 bits per heavy atom. The molecule has 118 valence electrons. The van der Waals surface area contributed by atoms with Crippen LogP contribution in [0.15, 0.2) is 24.3 Å². The van der Waals surface area contributed by atoms with E-state index in [1.165, 1.54) is 0 Å². The van der Waals surface area contributed by atoms with Crippen LogP contribution < -0.4 is 10.1 Å². The summed E-state index contributed by atoms with van der Waals surface area (Å²) in [7, 11) is 1.62. The van der Waals surface area contributed by atoms with E-state index in [9.17, 15) is 4.79 Å². The van der Waals surface area contributed by atoms with Crippen LogP contribution in [0.2, 0.25) is 0 Å². The molecule has 1 aromatic rings. The quantitative estimate of drug-likeness (QED) is 0.844. The van der Waals surface area contributed by atoms with Gasteiger partial charge in [-0.2, -0.15) is 0 Å². The molecule has 1 unspecified atom stereocenters. The first kappa shape index (κ1) is 16.3. The van der Waals surface area contributed by atoms with Gasteiger partial charge in [0.1, 0.15) is 12.4 Å². The van der Waals surface area contributed by atoms with Crippen LogP contribution in [0.4, 0.5) is 0 Å².